The van der Waals surface area contributed by atoms with E-state index < -0.39 is 0 Å². The smallest absolute Gasteiger partial charge is 0.159 e. The summed E-state index contributed by atoms with van der Waals surface area (Å²) in [6.07, 6.45) is 2.93. The Balaban J connectivity index is 1.92. The molecule has 0 aromatic carbocycles. The van der Waals surface area contributed by atoms with Crippen LogP contribution in [-0.2, 0) is 14.2 Å². The summed E-state index contributed by atoms with van der Waals surface area (Å²) in [6.45, 7) is 9.90. The highest BCUT2D eigenvalue weighted by molar-refractivity contribution is 4.60. The molecular weight excluding hydrogens is 192 g/mol. The van der Waals surface area contributed by atoms with Crippen LogP contribution in [0.25, 0.3) is 0 Å². The Labute approximate surface area is 93.1 Å². The van der Waals surface area contributed by atoms with Crippen LogP contribution < -0.4 is 0 Å². The standard InChI is InChI=1S/C12H24O3/c1-12(2,3)6-10-13-9-5-11-14-7-4-8-15-11/h11H,4-10H2,1-3H3. The van der Waals surface area contributed by atoms with E-state index in [9.17, 15) is 0 Å². The van der Waals surface area contributed by atoms with Gasteiger partial charge in [0, 0.05) is 13.0 Å². The first-order valence-corrected chi connectivity index (χ1v) is 5.89. The fraction of sp³-hybridized carbons (Fsp3) is 1.00. The lowest BCUT2D eigenvalue weighted by Gasteiger charge is -2.23. The van der Waals surface area contributed by atoms with E-state index in [4.69, 9.17) is 14.2 Å². The topological polar surface area (TPSA) is 27.7 Å². The summed E-state index contributed by atoms with van der Waals surface area (Å²) in [4.78, 5) is 0. The van der Waals surface area contributed by atoms with Crippen LogP contribution >= 0.6 is 0 Å². The van der Waals surface area contributed by atoms with Gasteiger partial charge in [0.2, 0.25) is 0 Å². The summed E-state index contributed by atoms with van der Waals surface area (Å²) >= 11 is 0. The molecule has 1 rings (SSSR count). The fourth-order valence-corrected chi connectivity index (χ4v) is 1.36. The third kappa shape index (κ3) is 6.88. The second kappa shape index (κ2) is 6.46. The predicted molar refractivity (Wildman–Crippen MR) is 59.8 cm³/mol. The minimum atomic E-state index is -0.0339. The lowest BCUT2D eigenvalue weighted by atomic mass is 9.93. The van der Waals surface area contributed by atoms with Gasteiger partial charge in [-0.2, -0.15) is 0 Å². The van der Waals surface area contributed by atoms with Gasteiger partial charge >= 0.3 is 0 Å². The Kier molecular flexibility index (Phi) is 5.58. The SMILES string of the molecule is CC(C)(C)CCOCCC1OCCCO1. The van der Waals surface area contributed by atoms with Gasteiger partial charge in [-0.3, -0.25) is 0 Å². The van der Waals surface area contributed by atoms with E-state index in [0.717, 1.165) is 45.7 Å². The summed E-state index contributed by atoms with van der Waals surface area (Å²) in [7, 11) is 0. The quantitative estimate of drug-likeness (QED) is 0.661. The molecule has 0 unspecified atom stereocenters. The van der Waals surface area contributed by atoms with Gasteiger partial charge in [0.1, 0.15) is 0 Å². The van der Waals surface area contributed by atoms with Crippen LogP contribution in [0.4, 0.5) is 0 Å². The van der Waals surface area contributed by atoms with Crippen molar-refractivity contribution in [2.24, 2.45) is 5.41 Å². The van der Waals surface area contributed by atoms with Gasteiger partial charge in [-0.1, -0.05) is 20.8 Å². The Morgan fingerprint density at radius 3 is 2.40 bits per heavy atom. The summed E-state index contributed by atoms with van der Waals surface area (Å²) in [6, 6.07) is 0. The lowest BCUT2D eigenvalue weighted by molar-refractivity contribution is -0.186. The maximum absolute atomic E-state index is 5.55. The van der Waals surface area contributed by atoms with Gasteiger partial charge in [-0.15, -0.1) is 0 Å². The van der Waals surface area contributed by atoms with E-state index in [1.165, 1.54) is 0 Å². The summed E-state index contributed by atoms with van der Waals surface area (Å²) in [5, 5.41) is 0. The number of ether oxygens (including phenoxy) is 3. The van der Waals surface area contributed by atoms with Crippen LogP contribution in [0.15, 0.2) is 0 Å². The molecule has 0 bridgehead atoms. The van der Waals surface area contributed by atoms with Crippen molar-refractivity contribution in [3.05, 3.63) is 0 Å². The molecule has 0 aliphatic carbocycles. The molecule has 3 nitrogen and oxygen atoms in total. The first-order chi connectivity index (χ1) is 7.08. The molecule has 1 fully saturated rings. The molecule has 3 heteroatoms. The average molecular weight is 216 g/mol. The predicted octanol–water partition coefficient (Wildman–Crippen LogP) is 2.59. The number of hydrogen-bond acceptors (Lipinski definition) is 3. The highest BCUT2D eigenvalue weighted by Crippen LogP contribution is 2.18. The van der Waals surface area contributed by atoms with Crippen molar-refractivity contribution in [2.45, 2.75) is 46.3 Å². The molecule has 90 valence electrons. The molecule has 0 atom stereocenters. The molecular formula is C12H24O3. The first kappa shape index (κ1) is 12.9. The molecule has 0 amide bonds. The molecule has 1 heterocycles. The van der Waals surface area contributed by atoms with Gasteiger partial charge in [-0.25, -0.2) is 0 Å². The van der Waals surface area contributed by atoms with Crippen molar-refractivity contribution >= 4 is 0 Å². The molecule has 0 spiro atoms. The van der Waals surface area contributed by atoms with Gasteiger partial charge in [-0.05, 0) is 18.3 Å². The summed E-state index contributed by atoms with van der Waals surface area (Å²) in [5.41, 5.74) is 0.359. The van der Waals surface area contributed by atoms with Crippen molar-refractivity contribution in [2.75, 3.05) is 26.4 Å². The van der Waals surface area contributed by atoms with Crippen LogP contribution in [0, 0.1) is 5.41 Å². The zero-order valence-electron chi connectivity index (χ0n) is 10.3. The van der Waals surface area contributed by atoms with Crippen LogP contribution in [-0.4, -0.2) is 32.7 Å². The van der Waals surface area contributed by atoms with Crippen LogP contribution in [0.1, 0.15) is 40.0 Å². The Hall–Kier alpha value is -0.120. The largest absolute Gasteiger partial charge is 0.381 e. The minimum absolute atomic E-state index is 0.0339. The fourth-order valence-electron chi connectivity index (χ4n) is 1.36. The zero-order valence-corrected chi connectivity index (χ0v) is 10.3. The zero-order chi connectivity index (χ0) is 11.1. The van der Waals surface area contributed by atoms with Crippen molar-refractivity contribution in [1.29, 1.82) is 0 Å². The second-order valence-electron chi connectivity index (χ2n) is 5.24. The van der Waals surface area contributed by atoms with Gasteiger partial charge < -0.3 is 14.2 Å². The number of hydrogen-bond donors (Lipinski definition) is 0. The maximum Gasteiger partial charge on any atom is 0.159 e. The van der Waals surface area contributed by atoms with E-state index in [1.807, 2.05) is 0 Å². The highest BCUT2D eigenvalue weighted by Gasteiger charge is 2.14. The van der Waals surface area contributed by atoms with E-state index in [-0.39, 0.29) is 6.29 Å². The molecule has 0 aromatic heterocycles. The van der Waals surface area contributed by atoms with Crippen molar-refractivity contribution in [3.63, 3.8) is 0 Å². The third-order valence-corrected chi connectivity index (χ3v) is 2.39. The normalized spacial score (nSPS) is 19.4. The molecule has 1 aliphatic rings. The molecule has 0 saturated carbocycles. The van der Waals surface area contributed by atoms with Gasteiger partial charge in [0.25, 0.3) is 0 Å². The molecule has 1 aliphatic heterocycles. The maximum atomic E-state index is 5.55. The van der Waals surface area contributed by atoms with E-state index >= 15 is 0 Å². The van der Waals surface area contributed by atoms with Crippen LogP contribution in [0.5, 0.6) is 0 Å². The molecule has 0 N–H and O–H groups in total. The van der Waals surface area contributed by atoms with E-state index in [1.54, 1.807) is 0 Å². The molecule has 0 aromatic rings. The average Bonchev–Trinajstić information content (AvgIpc) is 2.17. The highest BCUT2D eigenvalue weighted by atomic mass is 16.7. The summed E-state index contributed by atoms with van der Waals surface area (Å²) in [5.74, 6) is 0. The molecule has 0 radical (unpaired) electrons. The Bertz CT molecular complexity index is 157. The van der Waals surface area contributed by atoms with E-state index in [0.29, 0.717) is 5.41 Å². The lowest BCUT2D eigenvalue weighted by Crippen LogP contribution is -2.26. The van der Waals surface area contributed by atoms with Crippen molar-refractivity contribution in [1.82, 2.24) is 0 Å². The van der Waals surface area contributed by atoms with Gasteiger partial charge in [0.05, 0.1) is 19.8 Å². The van der Waals surface area contributed by atoms with Crippen molar-refractivity contribution < 1.29 is 14.2 Å². The monoisotopic (exact) mass is 216 g/mol. The molecule has 15 heavy (non-hydrogen) atoms. The van der Waals surface area contributed by atoms with Crippen molar-refractivity contribution in [3.8, 4) is 0 Å². The Morgan fingerprint density at radius 2 is 1.80 bits per heavy atom. The Morgan fingerprint density at radius 1 is 1.13 bits per heavy atom. The van der Waals surface area contributed by atoms with Crippen LogP contribution in [0.2, 0.25) is 0 Å². The van der Waals surface area contributed by atoms with Crippen LogP contribution in [0.3, 0.4) is 0 Å². The van der Waals surface area contributed by atoms with Gasteiger partial charge in [0.15, 0.2) is 6.29 Å². The minimum Gasteiger partial charge on any atom is -0.381 e. The number of rotatable bonds is 5. The third-order valence-electron chi connectivity index (χ3n) is 2.39. The first-order valence-electron chi connectivity index (χ1n) is 5.89. The second-order valence-corrected chi connectivity index (χ2v) is 5.24. The summed E-state index contributed by atoms with van der Waals surface area (Å²) < 4.78 is 16.4. The van der Waals surface area contributed by atoms with E-state index in [2.05, 4.69) is 20.8 Å². The molecule has 1 saturated heterocycles.